The second-order valence-electron chi connectivity index (χ2n) is 12.8. The van der Waals surface area contributed by atoms with Crippen LogP contribution in [0.15, 0.2) is 140 Å². The van der Waals surface area contributed by atoms with Crippen LogP contribution in [-0.4, -0.2) is 66.0 Å². The summed E-state index contributed by atoms with van der Waals surface area (Å²) in [6, 6.07) is 47.7. The number of hydrogen-bond acceptors (Lipinski definition) is 10. The smallest absolute Gasteiger partial charge is 0.359 e. The molecule has 0 unspecified atom stereocenters. The van der Waals surface area contributed by atoms with Gasteiger partial charge in [0.1, 0.15) is 11.1 Å². The number of carbonyl (C=O) groups is 1. The van der Waals surface area contributed by atoms with E-state index in [1.165, 1.54) is 7.11 Å². The molecule has 0 N–H and O–H groups in total. The van der Waals surface area contributed by atoms with Crippen molar-refractivity contribution < 1.29 is 19.0 Å². The minimum Gasteiger partial charge on any atom is -0.465 e. The molecule has 0 radical (unpaired) electrons. The number of ether oxygens (including phenoxy) is 3. The van der Waals surface area contributed by atoms with E-state index < -0.39 is 11.5 Å². The second-order valence-corrected chi connectivity index (χ2v) is 12.8. The van der Waals surface area contributed by atoms with Crippen LogP contribution in [-0.2, 0) is 16.8 Å². The van der Waals surface area contributed by atoms with Crippen molar-refractivity contribution in [3.05, 3.63) is 167 Å². The van der Waals surface area contributed by atoms with Gasteiger partial charge in [-0.25, -0.2) is 9.48 Å². The highest BCUT2D eigenvalue weighted by atomic mass is 16.5. The van der Waals surface area contributed by atoms with Crippen LogP contribution >= 0.6 is 0 Å². The van der Waals surface area contributed by atoms with Gasteiger partial charge in [0.2, 0.25) is 0 Å². The summed E-state index contributed by atoms with van der Waals surface area (Å²) in [7, 11) is 1.31. The molecule has 12 heteroatoms. The molecule has 0 bridgehead atoms. The van der Waals surface area contributed by atoms with Crippen molar-refractivity contribution in [3.63, 3.8) is 0 Å². The Labute approximate surface area is 323 Å². The Morgan fingerprint density at radius 1 is 0.661 bits per heavy atom. The molecule has 3 heterocycles. The third-order valence-corrected chi connectivity index (χ3v) is 9.61. The third kappa shape index (κ3) is 6.40. The molecule has 278 valence electrons. The molecule has 8 aromatic rings. The average Bonchev–Trinajstić information content (AvgIpc) is 3.87. The number of rotatable bonds is 13. The Hall–Kier alpha value is -7.21. The lowest BCUT2D eigenvalue weighted by molar-refractivity contribution is 0.0594. The first-order valence-electron chi connectivity index (χ1n) is 18.3. The van der Waals surface area contributed by atoms with E-state index in [-0.39, 0.29) is 17.4 Å². The summed E-state index contributed by atoms with van der Waals surface area (Å²) in [5.74, 6) is -0.0260. The lowest BCUT2D eigenvalue weighted by Gasteiger charge is -2.36. The summed E-state index contributed by atoms with van der Waals surface area (Å²) in [6.07, 6.45) is 0. The van der Waals surface area contributed by atoms with Gasteiger partial charge in [0.15, 0.2) is 17.2 Å². The summed E-state index contributed by atoms with van der Waals surface area (Å²) >= 11 is 0. The molecule has 0 saturated heterocycles. The molecule has 12 nitrogen and oxygen atoms in total. The molecule has 8 rings (SSSR count). The van der Waals surface area contributed by atoms with Crippen molar-refractivity contribution in [1.82, 2.24) is 39.7 Å². The Kier molecular flexibility index (Phi) is 10.00. The van der Waals surface area contributed by atoms with Crippen molar-refractivity contribution in [2.24, 2.45) is 0 Å². The Morgan fingerprint density at radius 3 is 1.80 bits per heavy atom. The molecular weight excluding hydrogens is 705 g/mol. The van der Waals surface area contributed by atoms with Crippen LogP contribution in [0.5, 0.6) is 12.0 Å². The number of nitrogens with zero attached hydrogens (tertiary/aromatic N) is 8. The summed E-state index contributed by atoms with van der Waals surface area (Å²) in [4.78, 5) is 26.4. The predicted molar refractivity (Wildman–Crippen MR) is 211 cm³/mol. The standard InChI is InChI=1S/C44H38N8O4/c1-4-55-42-45-37(41(53)54-3)38-39(46-42)47-43(56-5-2)51(38)29-30-25-27-31(28-26-30)35-23-15-16-24-36(35)40-48-49-50-52(40)44(32-17-9-6-10-18-32,33-19-11-7-12-20-33)34-21-13-8-14-22-34/h6-28H,4-5,29H2,1-3H3. The van der Waals surface area contributed by atoms with Crippen LogP contribution in [0.2, 0.25) is 0 Å². The van der Waals surface area contributed by atoms with E-state index in [9.17, 15) is 4.79 Å². The highest BCUT2D eigenvalue weighted by Gasteiger charge is 2.42. The van der Waals surface area contributed by atoms with Gasteiger partial charge in [0, 0.05) is 5.56 Å². The molecule has 0 amide bonds. The zero-order chi connectivity index (χ0) is 38.5. The maximum Gasteiger partial charge on any atom is 0.359 e. The number of aromatic nitrogens is 8. The zero-order valence-corrected chi connectivity index (χ0v) is 31.1. The topological polar surface area (TPSA) is 132 Å². The minimum absolute atomic E-state index is 0.0377. The van der Waals surface area contributed by atoms with E-state index in [0.717, 1.165) is 38.9 Å². The number of esters is 1. The first-order valence-corrected chi connectivity index (χ1v) is 18.3. The molecule has 5 aromatic carbocycles. The van der Waals surface area contributed by atoms with Crippen LogP contribution in [0.1, 0.15) is 46.6 Å². The van der Waals surface area contributed by atoms with Crippen LogP contribution in [0.25, 0.3) is 33.7 Å². The number of hydrogen-bond donors (Lipinski definition) is 0. The maximum absolute atomic E-state index is 12.9. The first kappa shape index (κ1) is 35.8. The van der Waals surface area contributed by atoms with Crippen molar-refractivity contribution in [3.8, 4) is 34.5 Å². The summed E-state index contributed by atoms with van der Waals surface area (Å²) in [5.41, 5.74) is 6.55. The van der Waals surface area contributed by atoms with Crippen LogP contribution in [0.3, 0.4) is 0 Å². The van der Waals surface area contributed by atoms with Crippen LogP contribution < -0.4 is 9.47 Å². The summed E-state index contributed by atoms with van der Waals surface area (Å²) in [6.45, 7) is 4.68. The minimum atomic E-state index is -0.901. The molecule has 3 aromatic heterocycles. The highest BCUT2D eigenvalue weighted by molar-refractivity contribution is 5.99. The number of benzene rings is 5. The van der Waals surface area contributed by atoms with Crippen molar-refractivity contribution in [1.29, 1.82) is 0 Å². The molecule has 0 fully saturated rings. The van der Waals surface area contributed by atoms with Crippen LogP contribution in [0.4, 0.5) is 0 Å². The van der Waals surface area contributed by atoms with E-state index in [4.69, 9.17) is 24.5 Å². The number of imidazole rings is 1. The predicted octanol–water partition coefficient (Wildman–Crippen LogP) is 7.62. The number of methoxy groups -OCH3 is 1. The van der Waals surface area contributed by atoms with E-state index in [1.54, 1.807) is 4.57 Å². The number of tetrazole rings is 1. The van der Waals surface area contributed by atoms with E-state index in [2.05, 4.69) is 74.8 Å². The quantitative estimate of drug-likeness (QED) is 0.0859. The highest BCUT2D eigenvalue weighted by Crippen LogP contribution is 2.43. The lowest BCUT2D eigenvalue weighted by atomic mass is 9.77. The fraction of sp³-hybridized carbons (Fsp3) is 0.159. The van der Waals surface area contributed by atoms with Gasteiger partial charge in [-0.1, -0.05) is 140 Å². The Balaban J connectivity index is 1.23. The van der Waals surface area contributed by atoms with Crippen molar-refractivity contribution >= 4 is 17.1 Å². The third-order valence-electron chi connectivity index (χ3n) is 9.61. The Bertz CT molecular complexity index is 2500. The molecule has 0 aliphatic rings. The van der Waals surface area contributed by atoms with E-state index >= 15 is 0 Å². The van der Waals surface area contributed by atoms with Gasteiger partial charge in [0.25, 0.3) is 6.01 Å². The van der Waals surface area contributed by atoms with Crippen molar-refractivity contribution in [2.45, 2.75) is 25.9 Å². The summed E-state index contributed by atoms with van der Waals surface area (Å²) in [5, 5.41) is 13.8. The normalized spacial score (nSPS) is 11.4. The molecule has 0 saturated carbocycles. The largest absolute Gasteiger partial charge is 0.465 e. The van der Waals surface area contributed by atoms with E-state index in [0.29, 0.717) is 37.1 Å². The molecule has 56 heavy (non-hydrogen) atoms. The SMILES string of the molecule is CCOc1nc(C(=O)OC)c2c(n1)nc(OCC)n2Cc1ccc(-c2ccccc2-c2nnnn2C(c2ccccc2)(c2ccccc2)c2ccccc2)cc1. The van der Waals surface area contributed by atoms with Gasteiger partial charge >= 0.3 is 12.0 Å². The van der Waals surface area contributed by atoms with Gasteiger partial charge in [-0.2, -0.15) is 15.0 Å². The molecule has 0 aliphatic carbocycles. The van der Waals surface area contributed by atoms with Gasteiger partial charge in [-0.3, -0.25) is 4.57 Å². The van der Waals surface area contributed by atoms with Gasteiger partial charge in [0.05, 0.1) is 26.9 Å². The molecule has 0 spiro atoms. The average molecular weight is 743 g/mol. The van der Waals surface area contributed by atoms with Gasteiger partial charge in [-0.05, 0) is 57.7 Å². The fourth-order valence-electron chi connectivity index (χ4n) is 7.20. The van der Waals surface area contributed by atoms with Crippen molar-refractivity contribution in [2.75, 3.05) is 20.3 Å². The van der Waals surface area contributed by atoms with E-state index in [1.807, 2.05) is 103 Å². The lowest BCUT2D eigenvalue weighted by Crippen LogP contribution is -2.39. The fourth-order valence-corrected chi connectivity index (χ4v) is 7.20. The monoisotopic (exact) mass is 742 g/mol. The number of carbonyl (C=O) groups excluding carboxylic acids is 1. The zero-order valence-electron chi connectivity index (χ0n) is 31.1. The first-order chi connectivity index (χ1) is 27.6. The molecular formula is C44H38N8O4. The second kappa shape index (κ2) is 15.6. The van der Waals surface area contributed by atoms with Crippen LogP contribution in [0, 0.1) is 0 Å². The number of fused-ring (bicyclic) bond motifs is 1. The summed E-state index contributed by atoms with van der Waals surface area (Å²) < 4.78 is 20.3. The Morgan fingerprint density at radius 2 is 1.23 bits per heavy atom. The molecule has 0 aliphatic heterocycles. The van der Waals surface area contributed by atoms with Gasteiger partial charge in [-0.15, -0.1) is 5.10 Å². The van der Waals surface area contributed by atoms with Gasteiger partial charge < -0.3 is 14.2 Å². The molecule has 0 atom stereocenters. The maximum atomic E-state index is 12.9.